The van der Waals surface area contributed by atoms with Crippen LogP contribution in [0.1, 0.15) is 49.1 Å². The normalized spacial score (nSPS) is 17.3. The lowest BCUT2D eigenvalue weighted by Gasteiger charge is -2.29. The minimum Gasteiger partial charge on any atom is -0.362 e. The zero-order valence-corrected chi connectivity index (χ0v) is 22.3. The van der Waals surface area contributed by atoms with Gasteiger partial charge in [-0.1, -0.05) is 72.8 Å². The van der Waals surface area contributed by atoms with E-state index in [0.717, 1.165) is 48.9 Å². The third-order valence-electron chi connectivity index (χ3n) is 7.57. The zero-order valence-electron chi connectivity index (χ0n) is 22.3. The van der Waals surface area contributed by atoms with Crippen molar-refractivity contribution in [1.82, 2.24) is 15.3 Å². The van der Waals surface area contributed by atoms with E-state index in [2.05, 4.69) is 41.0 Å². The summed E-state index contributed by atoms with van der Waals surface area (Å²) >= 11 is 0. The predicted octanol–water partition coefficient (Wildman–Crippen LogP) is 6.00. The van der Waals surface area contributed by atoms with Crippen LogP contribution in [0.2, 0.25) is 0 Å². The molecule has 196 valence electrons. The van der Waals surface area contributed by atoms with E-state index < -0.39 is 0 Å². The lowest BCUT2D eigenvalue weighted by molar-refractivity contribution is -0.121. The van der Waals surface area contributed by atoms with Gasteiger partial charge >= 0.3 is 0 Å². The number of rotatable bonds is 9. The van der Waals surface area contributed by atoms with E-state index in [4.69, 9.17) is 9.97 Å². The van der Waals surface area contributed by atoms with E-state index in [1.807, 2.05) is 73.6 Å². The van der Waals surface area contributed by atoms with E-state index >= 15 is 0 Å². The molecule has 6 heteroatoms. The van der Waals surface area contributed by atoms with Gasteiger partial charge in [-0.3, -0.25) is 4.79 Å². The van der Waals surface area contributed by atoms with Crippen LogP contribution in [0.15, 0.2) is 84.9 Å². The van der Waals surface area contributed by atoms with Crippen LogP contribution in [0.5, 0.6) is 0 Å². The number of hydrogen-bond acceptors (Lipinski definition) is 5. The molecular formula is C32H37N5O. The summed E-state index contributed by atoms with van der Waals surface area (Å²) in [7, 11) is 4.03. The van der Waals surface area contributed by atoms with Gasteiger partial charge < -0.3 is 15.5 Å². The summed E-state index contributed by atoms with van der Waals surface area (Å²) in [4.78, 5) is 24.6. The fourth-order valence-corrected chi connectivity index (χ4v) is 5.47. The van der Waals surface area contributed by atoms with Gasteiger partial charge in [0.15, 0.2) is 0 Å². The van der Waals surface area contributed by atoms with Crippen molar-refractivity contribution in [3.63, 3.8) is 0 Å². The van der Waals surface area contributed by atoms with Crippen LogP contribution in [0, 0.1) is 5.92 Å². The molecule has 1 aromatic heterocycles. The molecule has 4 aromatic rings. The Kier molecular flexibility index (Phi) is 8.17. The molecule has 1 heterocycles. The number of nitrogens with zero attached hydrogens (tertiary/aromatic N) is 3. The molecule has 3 aromatic carbocycles. The molecule has 2 N–H and O–H groups in total. The molecule has 1 saturated carbocycles. The maximum Gasteiger partial charge on any atom is 0.225 e. The molecule has 1 fully saturated rings. The topological polar surface area (TPSA) is 70.2 Å². The molecule has 0 saturated heterocycles. The van der Waals surface area contributed by atoms with E-state index in [1.165, 1.54) is 11.1 Å². The number of nitrogens with one attached hydrogen (secondary N) is 2. The first-order chi connectivity index (χ1) is 18.6. The summed E-state index contributed by atoms with van der Waals surface area (Å²) in [6.45, 7) is 0.735. The highest BCUT2D eigenvalue weighted by atomic mass is 16.1. The number of fused-ring (bicyclic) bond motifs is 1. The Morgan fingerprint density at radius 1 is 0.842 bits per heavy atom. The highest BCUT2D eigenvalue weighted by Gasteiger charge is 2.24. The largest absolute Gasteiger partial charge is 0.362 e. The van der Waals surface area contributed by atoms with Crippen molar-refractivity contribution in [3.8, 4) is 0 Å². The number of benzene rings is 3. The summed E-state index contributed by atoms with van der Waals surface area (Å²) in [5, 5.41) is 7.88. The van der Waals surface area contributed by atoms with Gasteiger partial charge in [-0.15, -0.1) is 0 Å². The second-order valence-electron chi connectivity index (χ2n) is 10.5. The Morgan fingerprint density at radius 3 is 2.08 bits per heavy atom. The number of carbonyl (C=O) groups is 1. The maximum absolute atomic E-state index is 13.0. The highest BCUT2D eigenvalue weighted by Crippen LogP contribution is 2.30. The smallest absolute Gasteiger partial charge is 0.225 e. The summed E-state index contributed by atoms with van der Waals surface area (Å²) < 4.78 is 0. The Morgan fingerprint density at radius 2 is 1.45 bits per heavy atom. The third kappa shape index (κ3) is 6.31. The summed E-state index contributed by atoms with van der Waals surface area (Å²) in [5.41, 5.74) is 3.30. The van der Waals surface area contributed by atoms with Gasteiger partial charge in [-0.2, -0.15) is 4.98 Å². The summed E-state index contributed by atoms with van der Waals surface area (Å²) in [5.74, 6) is 2.30. The molecule has 1 amide bonds. The van der Waals surface area contributed by atoms with Crippen molar-refractivity contribution in [2.24, 2.45) is 5.92 Å². The van der Waals surface area contributed by atoms with Crippen LogP contribution >= 0.6 is 0 Å². The van der Waals surface area contributed by atoms with Crippen LogP contribution in [0.25, 0.3) is 10.9 Å². The second kappa shape index (κ2) is 12.1. The molecular weight excluding hydrogens is 470 g/mol. The molecule has 0 atom stereocenters. The molecule has 0 radical (unpaired) electrons. The number of para-hydroxylation sites is 1. The highest BCUT2D eigenvalue weighted by molar-refractivity contribution is 5.90. The molecule has 0 aliphatic heterocycles. The van der Waals surface area contributed by atoms with Crippen LogP contribution < -0.4 is 15.5 Å². The first-order valence-corrected chi connectivity index (χ1v) is 13.6. The molecule has 38 heavy (non-hydrogen) atoms. The second-order valence-corrected chi connectivity index (χ2v) is 10.5. The van der Waals surface area contributed by atoms with Crippen LogP contribution in [-0.4, -0.2) is 42.6 Å². The van der Waals surface area contributed by atoms with E-state index in [0.29, 0.717) is 24.3 Å². The number of carbonyl (C=O) groups excluding carboxylic acids is 1. The van der Waals surface area contributed by atoms with E-state index in [9.17, 15) is 4.79 Å². The Balaban J connectivity index is 1.14. The van der Waals surface area contributed by atoms with Crippen molar-refractivity contribution in [2.45, 2.75) is 44.1 Å². The Hall–Kier alpha value is -3.93. The van der Waals surface area contributed by atoms with Gasteiger partial charge in [0.1, 0.15) is 5.82 Å². The average molecular weight is 508 g/mol. The molecule has 0 unspecified atom stereocenters. The van der Waals surface area contributed by atoms with E-state index in [1.54, 1.807) is 0 Å². The molecule has 1 aliphatic carbocycles. The van der Waals surface area contributed by atoms with Gasteiger partial charge in [-0.05, 0) is 54.9 Å². The Labute approximate surface area is 225 Å². The Bertz CT molecular complexity index is 1290. The summed E-state index contributed by atoms with van der Waals surface area (Å²) in [6.07, 6.45) is 4.70. The fraction of sp³-hybridized carbons (Fsp3) is 0.344. The fourth-order valence-electron chi connectivity index (χ4n) is 5.47. The van der Waals surface area contributed by atoms with Crippen molar-refractivity contribution < 1.29 is 4.79 Å². The summed E-state index contributed by atoms with van der Waals surface area (Å²) in [6, 6.07) is 29.1. The van der Waals surface area contributed by atoms with Crippen LogP contribution in [-0.2, 0) is 4.79 Å². The molecule has 6 nitrogen and oxygen atoms in total. The van der Waals surface area contributed by atoms with Gasteiger partial charge in [0, 0.05) is 44.4 Å². The van der Waals surface area contributed by atoms with Crippen molar-refractivity contribution in [1.29, 1.82) is 0 Å². The number of anilines is 2. The van der Waals surface area contributed by atoms with Gasteiger partial charge in [0.05, 0.1) is 5.52 Å². The first-order valence-electron chi connectivity index (χ1n) is 13.6. The van der Waals surface area contributed by atoms with E-state index in [-0.39, 0.29) is 11.8 Å². The zero-order chi connectivity index (χ0) is 26.3. The predicted molar refractivity (Wildman–Crippen MR) is 156 cm³/mol. The van der Waals surface area contributed by atoms with Crippen molar-refractivity contribution in [2.75, 3.05) is 30.9 Å². The van der Waals surface area contributed by atoms with Crippen LogP contribution in [0.4, 0.5) is 11.8 Å². The molecule has 1 aliphatic rings. The quantitative estimate of drug-likeness (QED) is 0.291. The third-order valence-corrected chi connectivity index (χ3v) is 7.57. The standard InChI is InChI=1S/C32H37N5O/c1-37(2)31-27-15-9-10-16-29(27)35-32(36-31)34-26-19-17-23(18-20-26)22-33-30(38)21-28(24-11-5-3-6-12-24)25-13-7-4-8-14-25/h3-16,23,26,28H,17-22H2,1-2H3,(H,33,38)(H,34,35,36). The lowest BCUT2D eigenvalue weighted by atomic mass is 9.85. The number of hydrogen-bond donors (Lipinski definition) is 2. The average Bonchev–Trinajstić information content (AvgIpc) is 2.96. The maximum atomic E-state index is 13.0. The molecule has 0 spiro atoms. The minimum absolute atomic E-state index is 0.0614. The van der Waals surface area contributed by atoms with Gasteiger partial charge in [0.25, 0.3) is 0 Å². The lowest BCUT2D eigenvalue weighted by Crippen LogP contribution is -2.34. The molecule has 0 bridgehead atoms. The SMILES string of the molecule is CN(C)c1nc(NC2CCC(CNC(=O)CC(c3ccccc3)c3ccccc3)CC2)nc2ccccc12. The minimum atomic E-state index is 0.0614. The van der Waals surface area contributed by atoms with Gasteiger partial charge in [0.2, 0.25) is 11.9 Å². The molecule has 5 rings (SSSR count). The monoisotopic (exact) mass is 507 g/mol. The van der Waals surface area contributed by atoms with Gasteiger partial charge in [-0.25, -0.2) is 4.98 Å². The first kappa shape index (κ1) is 25.7. The van der Waals surface area contributed by atoms with Crippen LogP contribution in [0.3, 0.4) is 0 Å². The number of aromatic nitrogens is 2. The van der Waals surface area contributed by atoms with Crippen molar-refractivity contribution in [3.05, 3.63) is 96.1 Å². The number of amides is 1. The van der Waals surface area contributed by atoms with Crippen molar-refractivity contribution >= 4 is 28.6 Å².